The molecule has 0 heterocycles. The Morgan fingerprint density at radius 1 is 1.15 bits per heavy atom. The summed E-state index contributed by atoms with van der Waals surface area (Å²) in [6.45, 7) is 1.89. The quantitative estimate of drug-likeness (QED) is 0.433. The average molecular weight is 306 g/mol. The van der Waals surface area contributed by atoms with Crippen molar-refractivity contribution in [2.24, 2.45) is 0 Å². The Morgan fingerprint density at radius 3 is 2.40 bits per heavy atom. The number of aliphatic hydroxyl groups is 1. The summed E-state index contributed by atoms with van der Waals surface area (Å²) >= 11 is 1.84. The molecule has 0 fully saturated rings. The number of thioether (sulfide) groups is 1. The molecule has 0 aromatic carbocycles. The van der Waals surface area contributed by atoms with Gasteiger partial charge < -0.3 is 20.8 Å². The molecule has 0 rings (SSSR count). The van der Waals surface area contributed by atoms with Crippen LogP contribution in [0.25, 0.3) is 0 Å². The van der Waals surface area contributed by atoms with Gasteiger partial charge in [0, 0.05) is 13.1 Å². The molecule has 0 spiro atoms. The van der Waals surface area contributed by atoms with Gasteiger partial charge in [-0.25, -0.2) is 4.79 Å². The summed E-state index contributed by atoms with van der Waals surface area (Å²) in [6, 6.07) is -0.375. The number of unbranched alkanes of at least 4 members (excludes halogenated alkanes) is 3. The van der Waals surface area contributed by atoms with Gasteiger partial charge in [-0.1, -0.05) is 12.8 Å². The number of aliphatic carboxylic acids is 1. The summed E-state index contributed by atoms with van der Waals surface area (Å²) in [6.07, 6.45) is 6.06. The summed E-state index contributed by atoms with van der Waals surface area (Å²) in [4.78, 5) is 21.9. The van der Waals surface area contributed by atoms with E-state index in [1.807, 2.05) is 11.8 Å². The van der Waals surface area contributed by atoms with Crippen molar-refractivity contribution in [2.45, 2.75) is 44.6 Å². The van der Waals surface area contributed by atoms with Gasteiger partial charge >= 0.3 is 12.0 Å². The van der Waals surface area contributed by atoms with Gasteiger partial charge in [-0.15, -0.1) is 0 Å². The van der Waals surface area contributed by atoms with Gasteiger partial charge in [0.15, 0.2) is 0 Å². The molecule has 4 N–H and O–H groups in total. The van der Waals surface area contributed by atoms with Gasteiger partial charge in [-0.3, -0.25) is 4.79 Å². The minimum atomic E-state index is -1.43. The van der Waals surface area contributed by atoms with Crippen molar-refractivity contribution in [1.29, 1.82) is 0 Å². The molecule has 0 saturated heterocycles. The van der Waals surface area contributed by atoms with Gasteiger partial charge in [-0.05, 0) is 31.8 Å². The maximum Gasteiger partial charge on any atom is 0.314 e. The highest BCUT2D eigenvalue weighted by Gasteiger charge is 2.24. The van der Waals surface area contributed by atoms with E-state index in [1.54, 1.807) is 0 Å². The molecule has 1 unspecified atom stereocenters. The van der Waals surface area contributed by atoms with Crippen LogP contribution in [-0.2, 0) is 4.79 Å². The van der Waals surface area contributed by atoms with Crippen molar-refractivity contribution in [3.8, 4) is 0 Å². The van der Waals surface area contributed by atoms with Gasteiger partial charge in [0.05, 0.1) is 12.0 Å². The zero-order valence-electron chi connectivity index (χ0n) is 12.3. The Kier molecular flexibility index (Phi) is 10.3. The van der Waals surface area contributed by atoms with E-state index < -0.39 is 18.0 Å². The summed E-state index contributed by atoms with van der Waals surface area (Å²) in [7, 11) is 0. The maximum atomic E-state index is 11.4. The molecule has 0 aromatic heterocycles. The second kappa shape index (κ2) is 10.8. The van der Waals surface area contributed by atoms with Crippen molar-refractivity contribution in [2.75, 3.05) is 25.1 Å². The molecule has 6 nitrogen and oxygen atoms in total. The van der Waals surface area contributed by atoms with Crippen LogP contribution in [0.1, 0.15) is 39.0 Å². The second-order valence-electron chi connectivity index (χ2n) is 5.08. The lowest BCUT2D eigenvalue weighted by molar-refractivity contribution is -0.141. The second-order valence-corrected chi connectivity index (χ2v) is 6.07. The lowest BCUT2D eigenvalue weighted by atomic mass is 10.0. The molecular formula is C13H26N2O4S. The molecule has 118 valence electrons. The predicted octanol–water partition coefficient (Wildman–Crippen LogP) is 1.43. The number of hydrogen-bond donors (Lipinski definition) is 4. The number of hydrogen-bond acceptors (Lipinski definition) is 4. The van der Waals surface area contributed by atoms with E-state index in [0.29, 0.717) is 6.54 Å². The number of carbonyl (C=O) groups is 2. The third kappa shape index (κ3) is 12.1. The Labute approximate surface area is 124 Å². The number of nitrogens with one attached hydrogen (secondary N) is 2. The molecule has 0 aliphatic heterocycles. The molecule has 2 amide bonds. The van der Waals surface area contributed by atoms with Crippen LogP contribution in [0, 0.1) is 0 Å². The number of carboxylic acids is 1. The lowest BCUT2D eigenvalue weighted by Crippen LogP contribution is -2.46. The average Bonchev–Trinajstić information content (AvgIpc) is 2.34. The summed E-state index contributed by atoms with van der Waals surface area (Å²) in [5.74, 6) is 0.0782. The first-order valence-electron chi connectivity index (χ1n) is 6.82. The first-order chi connectivity index (χ1) is 9.37. The fourth-order valence-electron chi connectivity index (χ4n) is 1.65. The van der Waals surface area contributed by atoms with E-state index in [9.17, 15) is 14.7 Å². The number of amides is 2. The van der Waals surface area contributed by atoms with Crippen LogP contribution in [0.15, 0.2) is 0 Å². The van der Waals surface area contributed by atoms with Gasteiger partial charge in [0.25, 0.3) is 0 Å². The largest absolute Gasteiger partial charge is 0.481 e. The standard InChI is InChI=1S/C13H26N2O4S/c1-13(19,9-11(16)17)10-15-12(18)14-7-5-3-4-6-8-20-2/h19H,3-10H2,1-2H3,(H,16,17)(H2,14,15,18). The molecule has 20 heavy (non-hydrogen) atoms. The SMILES string of the molecule is CSCCCCCCNC(=O)NCC(C)(O)CC(=O)O. The third-order valence-electron chi connectivity index (χ3n) is 2.72. The Hall–Kier alpha value is -0.950. The number of urea groups is 1. The first kappa shape index (κ1) is 19.1. The number of carbonyl (C=O) groups excluding carboxylic acids is 1. The van der Waals surface area contributed by atoms with Crippen LogP contribution in [0.3, 0.4) is 0 Å². The van der Waals surface area contributed by atoms with Crippen molar-refractivity contribution in [3.05, 3.63) is 0 Å². The van der Waals surface area contributed by atoms with E-state index in [0.717, 1.165) is 19.3 Å². The van der Waals surface area contributed by atoms with Crippen molar-refractivity contribution >= 4 is 23.8 Å². The van der Waals surface area contributed by atoms with Gasteiger partial charge in [0.1, 0.15) is 0 Å². The van der Waals surface area contributed by atoms with E-state index >= 15 is 0 Å². The Balaban J connectivity index is 3.56. The molecule has 1 atom stereocenters. The molecular weight excluding hydrogens is 280 g/mol. The smallest absolute Gasteiger partial charge is 0.314 e. The molecule has 0 saturated carbocycles. The summed E-state index contributed by atoms with van der Waals surface area (Å²) in [5, 5.41) is 23.4. The van der Waals surface area contributed by atoms with E-state index in [2.05, 4.69) is 16.9 Å². The van der Waals surface area contributed by atoms with Crippen LogP contribution in [0.5, 0.6) is 0 Å². The number of carboxylic acid groups (broad SMARTS) is 1. The zero-order chi connectivity index (χ0) is 15.4. The highest BCUT2D eigenvalue weighted by Crippen LogP contribution is 2.07. The van der Waals surface area contributed by atoms with Gasteiger partial charge in [0.2, 0.25) is 0 Å². The Morgan fingerprint density at radius 2 is 1.80 bits per heavy atom. The van der Waals surface area contributed by atoms with Crippen LogP contribution >= 0.6 is 11.8 Å². The van der Waals surface area contributed by atoms with Crippen LogP contribution in [-0.4, -0.2) is 52.9 Å². The first-order valence-corrected chi connectivity index (χ1v) is 8.21. The molecule has 0 aliphatic rings. The maximum absolute atomic E-state index is 11.4. The van der Waals surface area contributed by atoms with Crippen LogP contribution in [0.2, 0.25) is 0 Å². The zero-order valence-corrected chi connectivity index (χ0v) is 13.1. The van der Waals surface area contributed by atoms with Crippen LogP contribution < -0.4 is 10.6 Å². The summed E-state index contributed by atoms with van der Waals surface area (Å²) < 4.78 is 0. The van der Waals surface area contributed by atoms with Crippen LogP contribution in [0.4, 0.5) is 4.79 Å². The molecule has 7 heteroatoms. The molecule has 0 aliphatic carbocycles. The van der Waals surface area contributed by atoms with Crippen molar-refractivity contribution < 1.29 is 19.8 Å². The van der Waals surface area contributed by atoms with Gasteiger partial charge in [-0.2, -0.15) is 11.8 Å². The highest BCUT2D eigenvalue weighted by molar-refractivity contribution is 7.98. The monoisotopic (exact) mass is 306 g/mol. The van der Waals surface area contributed by atoms with Crippen molar-refractivity contribution in [1.82, 2.24) is 10.6 Å². The Bertz CT molecular complexity index is 298. The van der Waals surface area contributed by atoms with E-state index in [4.69, 9.17) is 5.11 Å². The molecule has 0 radical (unpaired) electrons. The van der Waals surface area contributed by atoms with E-state index in [1.165, 1.54) is 19.1 Å². The predicted molar refractivity (Wildman–Crippen MR) is 81.1 cm³/mol. The minimum absolute atomic E-state index is 0.0845. The fourth-order valence-corrected chi connectivity index (χ4v) is 2.14. The highest BCUT2D eigenvalue weighted by atomic mass is 32.2. The lowest BCUT2D eigenvalue weighted by Gasteiger charge is -2.21. The topological polar surface area (TPSA) is 98.7 Å². The summed E-state index contributed by atoms with van der Waals surface area (Å²) in [5.41, 5.74) is -1.43. The molecule has 0 bridgehead atoms. The van der Waals surface area contributed by atoms with E-state index in [-0.39, 0.29) is 12.6 Å². The normalized spacial score (nSPS) is 13.6. The third-order valence-corrected chi connectivity index (χ3v) is 3.42. The number of rotatable bonds is 11. The fraction of sp³-hybridized carbons (Fsp3) is 0.846. The van der Waals surface area contributed by atoms with Crippen molar-refractivity contribution in [3.63, 3.8) is 0 Å². The minimum Gasteiger partial charge on any atom is -0.481 e. The molecule has 0 aromatic rings.